The van der Waals surface area contributed by atoms with Gasteiger partial charge >= 0.3 is 0 Å². The van der Waals surface area contributed by atoms with E-state index in [2.05, 4.69) is 57.7 Å². The first-order valence-corrected chi connectivity index (χ1v) is 19.4. The fraction of sp³-hybridized carbons (Fsp3) is 0.317. The second-order valence-corrected chi connectivity index (χ2v) is 14.7. The Morgan fingerprint density at radius 3 is 1.68 bits per heavy atom. The topological polar surface area (TPSA) is 166 Å². The highest BCUT2D eigenvalue weighted by Crippen LogP contribution is 2.39. The first-order chi connectivity index (χ1) is 26.9. The lowest BCUT2D eigenvalue weighted by molar-refractivity contribution is 0.0988. The minimum atomic E-state index is -0.0178. The van der Waals surface area contributed by atoms with E-state index in [1.54, 1.807) is 22.5 Å². The molecule has 0 spiro atoms. The molecular weight excluding hydrogens is 772 g/mol. The van der Waals surface area contributed by atoms with Crippen molar-refractivity contribution >= 4 is 45.1 Å². The fourth-order valence-electron chi connectivity index (χ4n) is 6.78. The molecule has 56 heavy (non-hydrogen) atoms. The summed E-state index contributed by atoms with van der Waals surface area (Å²) in [6.07, 6.45) is 8.13. The molecule has 6 heterocycles. The number of halogens is 1. The number of carbonyl (C=O) groups is 2. The standard InChI is InChI=1S/C20H20N6O.C18H14BrN5O.C2H7N.CH4/c1-2-21-14-6-9-16-13(10-14)11-25(20(16)27)18-5-3-4-17(23-18)19-24-22-12-26(19)15-7-8-15;19-12-4-7-14-11(8-12)9-23(18(14)25)16-3-1-2-15(21-16)17-22-20-10-24(17)13-5-6-13;1-2-3;/h3-6,9-10,12,15,21H,2,7-8,11H2,1H3;1-4,7-8,10,13H,5-6,9H2;2-3H2,1H3;1H4. The molecule has 0 radical (unpaired) electrons. The van der Waals surface area contributed by atoms with E-state index >= 15 is 0 Å². The van der Waals surface area contributed by atoms with Gasteiger partial charge in [-0.1, -0.05) is 42.4 Å². The molecule has 2 amide bonds. The molecule has 2 fully saturated rings. The van der Waals surface area contributed by atoms with Gasteiger partial charge in [0.1, 0.15) is 35.7 Å². The van der Waals surface area contributed by atoms with E-state index in [0.29, 0.717) is 36.8 Å². The summed E-state index contributed by atoms with van der Waals surface area (Å²) in [4.78, 5) is 38.5. The molecule has 0 bridgehead atoms. The molecule has 288 valence electrons. The van der Waals surface area contributed by atoms with E-state index in [4.69, 9.17) is 15.7 Å². The highest BCUT2D eigenvalue weighted by Gasteiger charge is 2.32. The maximum absolute atomic E-state index is 12.9. The maximum Gasteiger partial charge on any atom is 0.260 e. The van der Waals surface area contributed by atoms with Crippen molar-refractivity contribution in [2.75, 3.05) is 28.2 Å². The lowest BCUT2D eigenvalue weighted by Crippen LogP contribution is -2.24. The SMILES string of the molecule is C.CCN.CCNc1ccc2c(c1)CN(c1cccc(-c3nncn3C3CC3)n1)C2=O.O=C1c2ccc(Br)cc2CN1c1cccc(-c2nncn2C2CC2)n1. The quantitative estimate of drug-likeness (QED) is 0.157. The number of anilines is 3. The summed E-state index contributed by atoms with van der Waals surface area (Å²) in [7, 11) is 0. The Balaban J connectivity index is 0.000000158. The number of hydrogen-bond donors (Lipinski definition) is 2. The molecule has 15 heteroatoms. The third-order valence-corrected chi connectivity index (χ3v) is 10.2. The zero-order chi connectivity index (χ0) is 38.1. The van der Waals surface area contributed by atoms with E-state index in [9.17, 15) is 9.59 Å². The molecule has 2 aliphatic heterocycles. The van der Waals surface area contributed by atoms with E-state index in [1.807, 2.05) is 79.7 Å². The molecular formula is C41H45BrN12O2. The molecule has 0 atom stereocenters. The van der Waals surface area contributed by atoms with E-state index in [0.717, 1.165) is 94.2 Å². The van der Waals surface area contributed by atoms with Crippen LogP contribution in [0.1, 0.15) is 90.9 Å². The summed E-state index contributed by atoms with van der Waals surface area (Å²) >= 11 is 3.46. The Hall–Kier alpha value is -5.80. The van der Waals surface area contributed by atoms with Crippen molar-refractivity contribution in [2.24, 2.45) is 5.73 Å². The van der Waals surface area contributed by atoms with Crippen molar-refractivity contribution in [3.05, 3.63) is 112 Å². The average molecular weight is 818 g/mol. The van der Waals surface area contributed by atoms with Crippen molar-refractivity contribution in [3.63, 3.8) is 0 Å². The molecule has 2 aliphatic carbocycles. The third kappa shape index (κ3) is 7.82. The van der Waals surface area contributed by atoms with Crippen LogP contribution in [0.5, 0.6) is 0 Å². The summed E-state index contributed by atoms with van der Waals surface area (Å²) < 4.78 is 5.12. The maximum atomic E-state index is 12.9. The fourth-order valence-corrected chi connectivity index (χ4v) is 7.19. The number of pyridine rings is 2. The number of hydrogen-bond acceptors (Lipinski definition) is 10. The van der Waals surface area contributed by atoms with Gasteiger partial charge in [-0.25, -0.2) is 9.97 Å². The van der Waals surface area contributed by atoms with Crippen LogP contribution in [0.2, 0.25) is 0 Å². The molecule has 2 aromatic carbocycles. The highest BCUT2D eigenvalue weighted by atomic mass is 79.9. The summed E-state index contributed by atoms with van der Waals surface area (Å²) in [6, 6.07) is 24.0. The Labute approximate surface area is 334 Å². The number of carbonyl (C=O) groups excluding carboxylic acids is 2. The number of benzene rings is 2. The van der Waals surface area contributed by atoms with Crippen LogP contribution in [-0.2, 0) is 13.1 Å². The minimum absolute atomic E-state index is 0. The summed E-state index contributed by atoms with van der Waals surface area (Å²) in [5.74, 6) is 2.77. The first kappa shape index (κ1) is 38.5. The van der Waals surface area contributed by atoms with Crippen molar-refractivity contribution in [1.82, 2.24) is 39.5 Å². The van der Waals surface area contributed by atoms with Gasteiger partial charge in [-0.15, -0.1) is 20.4 Å². The molecule has 0 unspecified atom stereocenters. The van der Waals surface area contributed by atoms with Crippen LogP contribution in [0.3, 0.4) is 0 Å². The van der Waals surface area contributed by atoms with Crippen molar-refractivity contribution in [3.8, 4) is 23.0 Å². The van der Waals surface area contributed by atoms with Crippen LogP contribution in [0.25, 0.3) is 23.0 Å². The molecule has 14 nitrogen and oxygen atoms in total. The molecule has 3 N–H and O–H groups in total. The van der Waals surface area contributed by atoms with Gasteiger partial charge < -0.3 is 20.2 Å². The summed E-state index contributed by atoms with van der Waals surface area (Å²) in [5.41, 5.74) is 10.9. The van der Waals surface area contributed by atoms with Crippen LogP contribution in [0.15, 0.2) is 89.9 Å². The number of fused-ring (bicyclic) bond motifs is 2. The first-order valence-electron chi connectivity index (χ1n) is 18.6. The summed E-state index contributed by atoms with van der Waals surface area (Å²) in [6.45, 7) is 6.61. The highest BCUT2D eigenvalue weighted by molar-refractivity contribution is 9.10. The normalized spacial score (nSPS) is 15.3. The smallest absolute Gasteiger partial charge is 0.260 e. The van der Waals surface area contributed by atoms with Crippen LogP contribution in [-0.4, -0.2) is 64.4 Å². The second-order valence-electron chi connectivity index (χ2n) is 13.7. The number of nitrogens with two attached hydrogens (primary N) is 1. The lowest BCUT2D eigenvalue weighted by atomic mass is 10.1. The second kappa shape index (κ2) is 16.5. The van der Waals surface area contributed by atoms with E-state index in [-0.39, 0.29) is 19.2 Å². The van der Waals surface area contributed by atoms with Gasteiger partial charge in [-0.3, -0.25) is 19.4 Å². The van der Waals surface area contributed by atoms with E-state index in [1.165, 1.54) is 0 Å². The van der Waals surface area contributed by atoms with Gasteiger partial charge in [0.05, 0.1) is 13.1 Å². The van der Waals surface area contributed by atoms with Gasteiger partial charge in [0, 0.05) is 39.9 Å². The molecule has 6 aromatic rings. The largest absolute Gasteiger partial charge is 0.385 e. The zero-order valence-corrected chi connectivity index (χ0v) is 32.2. The molecule has 2 saturated carbocycles. The van der Waals surface area contributed by atoms with Crippen molar-refractivity contribution in [1.29, 1.82) is 0 Å². The Kier molecular flexibility index (Phi) is 11.3. The predicted molar refractivity (Wildman–Crippen MR) is 220 cm³/mol. The number of nitrogens with zero attached hydrogens (tertiary/aromatic N) is 10. The zero-order valence-electron chi connectivity index (χ0n) is 30.6. The molecule has 4 aromatic heterocycles. The summed E-state index contributed by atoms with van der Waals surface area (Å²) in [5, 5.41) is 19.8. The van der Waals surface area contributed by atoms with Crippen molar-refractivity contribution in [2.45, 2.75) is 72.1 Å². The number of aromatic nitrogens is 8. The van der Waals surface area contributed by atoms with Gasteiger partial charge in [-0.2, -0.15) is 0 Å². The number of nitrogens with one attached hydrogen (secondary N) is 1. The number of rotatable bonds is 8. The van der Waals surface area contributed by atoms with E-state index < -0.39 is 0 Å². The molecule has 0 saturated heterocycles. The predicted octanol–water partition coefficient (Wildman–Crippen LogP) is 7.47. The van der Waals surface area contributed by atoms with Crippen molar-refractivity contribution < 1.29 is 9.59 Å². The minimum Gasteiger partial charge on any atom is -0.385 e. The Morgan fingerprint density at radius 2 is 1.20 bits per heavy atom. The monoisotopic (exact) mass is 816 g/mol. The average Bonchev–Trinajstić information content (AvgIpc) is 4.06. The lowest BCUT2D eigenvalue weighted by Gasteiger charge is -2.15. The third-order valence-electron chi connectivity index (χ3n) is 9.67. The Morgan fingerprint density at radius 1 is 0.714 bits per heavy atom. The molecule has 4 aliphatic rings. The van der Waals surface area contributed by atoms with Gasteiger partial charge in [0.15, 0.2) is 11.6 Å². The van der Waals surface area contributed by atoms with Gasteiger partial charge in [0.2, 0.25) is 0 Å². The van der Waals surface area contributed by atoms with Crippen LogP contribution >= 0.6 is 15.9 Å². The van der Waals surface area contributed by atoms with Gasteiger partial charge in [-0.05, 0) is 111 Å². The van der Waals surface area contributed by atoms with Crippen LogP contribution in [0, 0.1) is 0 Å². The Bertz CT molecular complexity index is 2370. The van der Waals surface area contributed by atoms with Crippen LogP contribution in [0.4, 0.5) is 17.3 Å². The molecule has 10 rings (SSSR count). The van der Waals surface area contributed by atoms with Gasteiger partial charge in [0.25, 0.3) is 11.8 Å². The number of amides is 2. The van der Waals surface area contributed by atoms with Crippen LogP contribution < -0.4 is 20.9 Å².